The summed E-state index contributed by atoms with van der Waals surface area (Å²) in [7, 11) is 0. The SMILES string of the molecule is CCOC(=O)C1=C(c2ccccc2)N=c2s/c(=C\c3cccc(OCC(=O)O)c3)c(=O)n2[C@@H]1c1ccc(OCC)cc1. The maximum atomic E-state index is 14.0. The van der Waals surface area contributed by atoms with Crippen LogP contribution in [0.15, 0.2) is 94.2 Å². The number of carboxylic acids is 1. The molecule has 0 unspecified atom stereocenters. The largest absolute Gasteiger partial charge is 0.494 e. The van der Waals surface area contributed by atoms with Gasteiger partial charge in [-0.1, -0.05) is 65.9 Å². The summed E-state index contributed by atoms with van der Waals surface area (Å²) in [5.41, 5.74) is 2.43. The number of hydrogen-bond donors (Lipinski definition) is 1. The van der Waals surface area contributed by atoms with E-state index in [9.17, 15) is 14.4 Å². The summed E-state index contributed by atoms with van der Waals surface area (Å²) in [5, 5.41) is 8.94. The average Bonchev–Trinajstić information content (AvgIpc) is 3.30. The van der Waals surface area contributed by atoms with Gasteiger partial charge >= 0.3 is 11.9 Å². The van der Waals surface area contributed by atoms with Crippen molar-refractivity contribution in [3.8, 4) is 11.5 Å². The van der Waals surface area contributed by atoms with Crippen LogP contribution in [0.5, 0.6) is 11.5 Å². The lowest BCUT2D eigenvalue weighted by atomic mass is 9.93. The molecule has 9 nitrogen and oxygen atoms in total. The van der Waals surface area contributed by atoms with Crippen molar-refractivity contribution in [3.63, 3.8) is 0 Å². The number of aromatic nitrogens is 1. The minimum Gasteiger partial charge on any atom is -0.494 e. The molecule has 0 bridgehead atoms. The van der Waals surface area contributed by atoms with Crippen LogP contribution in [0, 0.1) is 0 Å². The number of nitrogens with zero attached hydrogens (tertiary/aromatic N) is 2. The number of thiazole rings is 1. The zero-order valence-electron chi connectivity index (χ0n) is 23.0. The van der Waals surface area contributed by atoms with Gasteiger partial charge in [0.15, 0.2) is 11.4 Å². The van der Waals surface area contributed by atoms with Gasteiger partial charge in [-0.2, -0.15) is 0 Å². The highest BCUT2D eigenvalue weighted by Gasteiger charge is 2.35. The predicted molar refractivity (Wildman–Crippen MR) is 158 cm³/mol. The molecule has 0 aliphatic carbocycles. The first-order valence-electron chi connectivity index (χ1n) is 13.4. The molecule has 2 heterocycles. The van der Waals surface area contributed by atoms with Crippen LogP contribution in [0.3, 0.4) is 0 Å². The van der Waals surface area contributed by atoms with Gasteiger partial charge < -0.3 is 19.3 Å². The van der Waals surface area contributed by atoms with Crippen molar-refractivity contribution in [3.05, 3.63) is 121 Å². The molecule has 0 saturated heterocycles. The van der Waals surface area contributed by atoms with Gasteiger partial charge in [-0.25, -0.2) is 14.6 Å². The third kappa shape index (κ3) is 6.03. The molecule has 5 rings (SSSR count). The van der Waals surface area contributed by atoms with Crippen molar-refractivity contribution in [2.45, 2.75) is 19.9 Å². The van der Waals surface area contributed by atoms with Gasteiger partial charge in [0, 0.05) is 5.56 Å². The number of ether oxygens (including phenoxy) is 3. The van der Waals surface area contributed by atoms with Crippen LogP contribution in [0.25, 0.3) is 11.8 Å². The van der Waals surface area contributed by atoms with Crippen molar-refractivity contribution >= 4 is 35.0 Å². The van der Waals surface area contributed by atoms with Crippen LogP contribution in [-0.2, 0) is 14.3 Å². The van der Waals surface area contributed by atoms with Gasteiger partial charge in [-0.05, 0) is 55.3 Å². The molecule has 0 saturated carbocycles. The third-order valence-electron chi connectivity index (χ3n) is 6.40. The van der Waals surface area contributed by atoms with Crippen molar-refractivity contribution < 1.29 is 28.9 Å². The molecule has 0 amide bonds. The van der Waals surface area contributed by atoms with Crippen LogP contribution >= 0.6 is 11.3 Å². The number of aliphatic carboxylic acids is 1. The highest BCUT2D eigenvalue weighted by Crippen LogP contribution is 2.35. The third-order valence-corrected chi connectivity index (χ3v) is 7.38. The van der Waals surface area contributed by atoms with E-state index < -0.39 is 24.6 Å². The monoisotopic (exact) mass is 584 g/mol. The Labute approximate surface area is 245 Å². The van der Waals surface area contributed by atoms with Crippen LogP contribution in [-0.4, -0.2) is 41.4 Å². The van der Waals surface area contributed by atoms with Gasteiger partial charge in [0.2, 0.25) is 0 Å². The number of fused-ring (bicyclic) bond motifs is 1. The van der Waals surface area contributed by atoms with E-state index in [1.165, 1.54) is 15.9 Å². The summed E-state index contributed by atoms with van der Waals surface area (Å²) in [5.74, 6) is -0.614. The summed E-state index contributed by atoms with van der Waals surface area (Å²) in [4.78, 5) is 43.8. The molecule has 10 heteroatoms. The number of hydrogen-bond acceptors (Lipinski definition) is 8. The number of esters is 1. The van der Waals surface area contributed by atoms with Crippen molar-refractivity contribution in [1.82, 2.24) is 4.57 Å². The first kappa shape index (κ1) is 28.6. The van der Waals surface area contributed by atoms with E-state index in [2.05, 4.69) is 0 Å². The molecule has 0 fully saturated rings. The minimum atomic E-state index is -1.09. The summed E-state index contributed by atoms with van der Waals surface area (Å²) in [6.45, 7) is 3.81. The zero-order chi connectivity index (χ0) is 29.6. The fourth-order valence-corrected chi connectivity index (χ4v) is 5.66. The summed E-state index contributed by atoms with van der Waals surface area (Å²) >= 11 is 1.20. The van der Waals surface area contributed by atoms with Gasteiger partial charge in [-0.15, -0.1) is 0 Å². The highest BCUT2D eigenvalue weighted by atomic mass is 32.1. The van der Waals surface area contributed by atoms with Gasteiger partial charge in [0.25, 0.3) is 5.56 Å². The quantitative estimate of drug-likeness (QED) is 0.282. The first-order valence-corrected chi connectivity index (χ1v) is 14.2. The molecule has 0 spiro atoms. The molecule has 1 N–H and O–H groups in total. The van der Waals surface area contributed by atoms with E-state index >= 15 is 0 Å². The van der Waals surface area contributed by atoms with E-state index in [0.717, 1.165) is 5.56 Å². The normalized spacial score (nSPS) is 14.6. The van der Waals surface area contributed by atoms with E-state index in [1.54, 1.807) is 37.3 Å². The van der Waals surface area contributed by atoms with Crippen LogP contribution in [0.1, 0.15) is 36.6 Å². The number of rotatable bonds is 10. The lowest BCUT2D eigenvalue weighted by Gasteiger charge is -2.26. The van der Waals surface area contributed by atoms with Crippen LogP contribution in [0.4, 0.5) is 0 Å². The smallest absolute Gasteiger partial charge is 0.341 e. The number of carbonyl (C=O) groups is 2. The van der Waals surface area contributed by atoms with E-state index in [1.807, 2.05) is 61.5 Å². The van der Waals surface area contributed by atoms with Crippen molar-refractivity contribution in [2.75, 3.05) is 19.8 Å². The molecular weight excluding hydrogens is 556 g/mol. The van der Waals surface area contributed by atoms with Crippen LogP contribution < -0.4 is 24.4 Å². The topological polar surface area (TPSA) is 116 Å². The Morgan fingerprint density at radius 1 is 0.952 bits per heavy atom. The number of benzene rings is 3. The molecule has 4 aromatic rings. The Hall–Kier alpha value is -4.96. The Morgan fingerprint density at radius 2 is 1.71 bits per heavy atom. The Kier molecular flexibility index (Phi) is 8.63. The molecule has 1 aromatic heterocycles. The molecule has 0 radical (unpaired) electrons. The van der Waals surface area contributed by atoms with E-state index in [0.29, 0.717) is 44.3 Å². The molecule has 42 heavy (non-hydrogen) atoms. The van der Waals surface area contributed by atoms with Crippen molar-refractivity contribution in [1.29, 1.82) is 0 Å². The maximum absolute atomic E-state index is 14.0. The molecule has 1 atom stereocenters. The average molecular weight is 585 g/mol. The molecule has 3 aromatic carbocycles. The Morgan fingerprint density at radius 3 is 2.40 bits per heavy atom. The maximum Gasteiger partial charge on any atom is 0.341 e. The number of carbonyl (C=O) groups excluding carboxylic acids is 1. The van der Waals surface area contributed by atoms with E-state index in [4.69, 9.17) is 24.3 Å². The lowest BCUT2D eigenvalue weighted by molar-refractivity contribution is -0.140. The Bertz CT molecular complexity index is 1820. The lowest BCUT2D eigenvalue weighted by Crippen LogP contribution is -2.40. The van der Waals surface area contributed by atoms with E-state index in [-0.39, 0.29) is 17.7 Å². The molecule has 214 valence electrons. The van der Waals surface area contributed by atoms with Crippen molar-refractivity contribution in [2.24, 2.45) is 4.99 Å². The van der Waals surface area contributed by atoms with Gasteiger partial charge in [0.1, 0.15) is 11.5 Å². The summed E-state index contributed by atoms with van der Waals surface area (Å²) < 4.78 is 18.3. The second kappa shape index (κ2) is 12.7. The second-order valence-electron chi connectivity index (χ2n) is 9.19. The summed E-state index contributed by atoms with van der Waals surface area (Å²) in [6.07, 6.45) is 1.70. The predicted octanol–water partition coefficient (Wildman–Crippen LogP) is 3.80. The highest BCUT2D eigenvalue weighted by molar-refractivity contribution is 7.07. The number of carboxylic acid groups (broad SMARTS) is 1. The zero-order valence-corrected chi connectivity index (χ0v) is 23.8. The molecule has 1 aliphatic rings. The molecule has 1 aliphatic heterocycles. The summed E-state index contributed by atoms with van der Waals surface area (Å²) in [6, 6.07) is 22.6. The second-order valence-corrected chi connectivity index (χ2v) is 10.2. The fraction of sp³-hybridized carbons (Fsp3) is 0.188. The fourth-order valence-electron chi connectivity index (χ4n) is 4.66. The standard InChI is InChI=1S/C32H28N2O7S/c1-3-39-23-15-13-22(14-16-23)29-27(31(38)40-4-2)28(21-10-6-5-7-11-21)33-32-34(29)30(37)25(42-32)18-20-9-8-12-24(17-20)41-19-26(35)36/h5-18,29H,3-4,19H2,1-2H3,(H,35,36)/b25-18-/t29-/m1/s1. The minimum absolute atomic E-state index is 0.158. The van der Waals surface area contributed by atoms with Gasteiger partial charge in [0.05, 0.1) is 35.1 Å². The first-order chi connectivity index (χ1) is 20.4. The van der Waals surface area contributed by atoms with Gasteiger partial charge in [-0.3, -0.25) is 9.36 Å². The molecular formula is C32H28N2O7S. The van der Waals surface area contributed by atoms with Crippen LogP contribution in [0.2, 0.25) is 0 Å². The Balaban J connectivity index is 1.73.